The van der Waals surface area contributed by atoms with Crippen LogP contribution >= 0.6 is 23.1 Å². The smallest absolute Gasteiger partial charge is 0.221 e. The van der Waals surface area contributed by atoms with Crippen molar-refractivity contribution >= 4 is 29.0 Å². The fourth-order valence-corrected chi connectivity index (χ4v) is 4.96. The van der Waals surface area contributed by atoms with Crippen LogP contribution in [-0.2, 0) is 11.3 Å². The highest BCUT2D eigenvalue weighted by atomic mass is 32.2. The number of rotatable bonds is 9. The van der Waals surface area contributed by atoms with Crippen LogP contribution < -0.4 is 10.1 Å². The molecule has 4 aromatic rings. The van der Waals surface area contributed by atoms with Crippen molar-refractivity contribution in [3.63, 3.8) is 0 Å². The molecule has 0 unspecified atom stereocenters. The van der Waals surface area contributed by atoms with Gasteiger partial charge in [-0.15, -0.1) is 16.4 Å². The lowest BCUT2D eigenvalue weighted by atomic mass is 10.2. The highest BCUT2D eigenvalue weighted by molar-refractivity contribution is 7.99. The van der Waals surface area contributed by atoms with E-state index in [0.717, 1.165) is 21.8 Å². The summed E-state index contributed by atoms with van der Waals surface area (Å²) in [5.41, 5.74) is 2.00. The van der Waals surface area contributed by atoms with Gasteiger partial charge in [0, 0.05) is 23.4 Å². The van der Waals surface area contributed by atoms with Gasteiger partial charge in [0.25, 0.3) is 0 Å². The quantitative estimate of drug-likeness (QED) is 0.348. The number of thioether (sulfide) groups is 1. The minimum Gasteiger partial charge on any atom is -0.497 e. The number of carbonyl (C=O) groups excluding carboxylic acids is 1. The van der Waals surface area contributed by atoms with Crippen LogP contribution in [0.2, 0.25) is 0 Å². The number of methoxy groups -OCH3 is 1. The van der Waals surface area contributed by atoms with Crippen LogP contribution in [-0.4, -0.2) is 28.2 Å². The molecule has 158 valence electrons. The lowest BCUT2D eigenvalue weighted by molar-refractivity contribution is -0.121. The molecule has 0 aliphatic heterocycles. The highest BCUT2D eigenvalue weighted by Crippen LogP contribution is 2.38. The van der Waals surface area contributed by atoms with E-state index in [1.165, 1.54) is 11.8 Å². The molecule has 0 saturated heterocycles. The summed E-state index contributed by atoms with van der Waals surface area (Å²) >= 11 is 3.12. The van der Waals surface area contributed by atoms with E-state index in [-0.39, 0.29) is 11.2 Å². The van der Waals surface area contributed by atoms with Gasteiger partial charge in [-0.05, 0) is 41.3 Å². The van der Waals surface area contributed by atoms with Gasteiger partial charge in [-0.25, -0.2) is 4.98 Å². The molecule has 0 bridgehead atoms. The standard InChI is InChI=1S/C23H22N4O2S2/c1-29-18-11-9-17(10-12-18)22-25-23(27-26-22)31-20(19-8-5-13-30-19)14-21(28)24-15-16-6-3-2-4-7-16/h2-13,20H,14-15H2,1H3,(H,24,28)(H,25,26,27)/t20-/m1/s1. The van der Waals surface area contributed by atoms with Crippen LogP contribution in [0, 0.1) is 0 Å². The molecule has 4 rings (SSSR count). The van der Waals surface area contributed by atoms with E-state index in [4.69, 9.17) is 4.74 Å². The molecule has 0 aliphatic rings. The van der Waals surface area contributed by atoms with E-state index >= 15 is 0 Å². The lowest BCUT2D eigenvalue weighted by Crippen LogP contribution is -2.23. The third-order valence-electron chi connectivity index (χ3n) is 4.64. The van der Waals surface area contributed by atoms with E-state index in [1.807, 2.05) is 72.1 Å². The Morgan fingerprint density at radius 3 is 2.65 bits per heavy atom. The number of benzene rings is 2. The first-order valence-corrected chi connectivity index (χ1v) is 11.5. The molecule has 0 aliphatic carbocycles. The van der Waals surface area contributed by atoms with Crippen molar-refractivity contribution < 1.29 is 9.53 Å². The number of ether oxygens (including phenoxy) is 1. The topological polar surface area (TPSA) is 79.9 Å². The van der Waals surface area contributed by atoms with E-state index in [0.29, 0.717) is 23.9 Å². The van der Waals surface area contributed by atoms with Crippen molar-refractivity contribution in [1.29, 1.82) is 0 Å². The monoisotopic (exact) mass is 450 g/mol. The number of aromatic nitrogens is 3. The maximum atomic E-state index is 12.6. The molecule has 2 heterocycles. The van der Waals surface area contributed by atoms with Crippen molar-refractivity contribution in [3.05, 3.63) is 82.6 Å². The van der Waals surface area contributed by atoms with Gasteiger partial charge in [0.2, 0.25) is 11.1 Å². The summed E-state index contributed by atoms with van der Waals surface area (Å²) < 4.78 is 5.20. The van der Waals surface area contributed by atoms with Crippen molar-refractivity contribution in [2.75, 3.05) is 7.11 Å². The molecule has 1 atom stereocenters. The second kappa shape index (κ2) is 10.3. The van der Waals surface area contributed by atoms with Gasteiger partial charge in [0.15, 0.2) is 5.82 Å². The molecular formula is C23H22N4O2S2. The SMILES string of the molecule is COc1ccc(-c2nc(S[C@H](CC(=O)NCc3ccccc3)c3cccs3)n[nH]2)cc1. The first-order valence-electron chi connectivity index (χ1n) is 9.79. The number of amides is 1. The van der Waals surface area contributed by atoms with Crippen LogP contribution in [0.4, 0.5) is 0 Å². The van der Waals surface area contributed by atoms with Gasteiger partial charge in [0.1, 0.15) is 5.75 Å². The summed E-state index contributed by atoms with van der Waals surface area (Å²) in [4.78, 5) is 18.4. The Kier molecular flexibility index (Phi) is 7.01. The number of nitrogens with one attached hydrogen (secondary N) is 2. The van der Waals surface area contributed by atoms with E-state index in [2.05, 4.69) is 20.5 Å². The molecule has 1 amide bonds. The molecule has 6 nitrogen and oxygen atoms in total. The maximum Gasteiger partial charge on any atom is 0.221 e. The Morgan fingerprint density at radius 1 is 1.13 bits per heavy atom. The summed E-state index contributed by atoms with van der Waals surface area (Å²) in [6, 6.07) is 21.6. The number of hydrogen-bond donors (Lipinski definition) is 2. The van der Waals surface area contributed by atoms with Crippen LogP contribution in [0.1, 0.15) is 22.1 Å². The summed E-state index contributed by atoms with van der Waals surface area (Å²) in [5.74, 6) is 1.47. The fourth-order valence-electron chi connectivity index (χ4n) is 3.02. The second-order valence-corrected chi connectivity index (χ2v) is 8.93. The summed E-state index contributed by atoms with van der Waals surface area (Å²) in [6.07, 6.45) is 0.352. The largest absolute Gasteiger partial charge is 0.497 e. The minimum absolute atomic E-state index is 0.000617. The first kappa shape index (κ1) is 21.1. The Labute approximate surface area is 189 Å². The van der Waals surface area contributed by atoms with Gasteiger partial charge in [-0.1, -0.05) is 48.2 Å². The summed E-state index contributed by atoms with van der Waals surface area (Å²) in [6.45, 7) is 0.518. The molecule has 0 radical (unpaired) electrons. The Bertz CT molecular complexity index is 1100. The molecular weight excluding hydrogens is 428 g/mol. The van der Waals surface area contributed by atoms with Crippen molar-refractivity contribution in [2.45, 2.75) is 23.4 Å². The Morgan fingerprint density at radius 2 is 1.94 bits per heavy atom. The second-order valence-electron chi connectivity index (χ2n) is 6.78. The predicted molar refractivity (Wildman–Crippen MR) is 124 cm³/mol. The Hall–Kier alpha value is -3.10. The number of nitrogens with zero attached hydrogens (tertiary/aromatic N) is 2. The maximum absolute atomic E-state index is 12.6. The molecule has 2 aromatic heterocycles. The molecule has 0 saturated carbocycles. The molecule has 2 aromatic carbocycles. The van der Waals surface area contributed by atoms with E-state index in [9.17, 15) is 4.79 Å². The average Bonchev–Trinajstić information content (AvgIpc) is 3.51. The highest BCUT2D eigenvalue weighted by Gasteiger charge is 2.21. The summed E-state index contributed by atoms with van der Waals surface area (Å²) in [5, 5.41) is 12.9. The normalized spacial score (nSPS) is 11.8. The molecule has 2 N–H and O–H groups in total. The van der Waals surface area contributed by atoms with Crippen LogP contribution in [0.5, 0.6) is 5.75 Å². The first-order chi connectivity index (χ1) is 15.2. The van der Waals surface area contributed by atoms with Gasteiger partial charge in [0.05, 0.1) is 12.4 Å². The molecule has 0 spiro atoms. The van der Waals surface area contributed by atoms with Gasteiger partial charge in [-0.3, -0.25) is 9.89 Å². The number of hydrogen-bond acceptors (Lipinski definition) is 6. The minimum atomic E-state index is -0.0599. The number of carbonyl (C=O) groups is 1. The third kappa shape index (κ3) is 5.74. The van der Waals surface area contributed by atoms with Gasteiger partial charge >= 0.3 is 0 Å². The fraction of sp³-hybridized carbons (Fsp3) is 0.174. The number of aromatic amines is 1. The van der Waals surface area contributed by atoms with Crippen molar-refractivity contribution in [1.82, 2.24) is 20.5 Å². The predicted octanol–water partition coefficient (Wildman–Crippen LogP) is 5.08. The van der Waals surface area contributed by atoms with Gasteiger partial charge in [-0.2, -0.15) is 0 Å². The van der Waals surface area contributed by atoms with Gasteiger partial charge < -0.3 is 10.1 Å². The van der Waals surface area contributed by atoms with E-state index < -0.39 is 0 Å². The van der Waals surface area contributed by atoms with Crippen molar-refractivity contribution in [3.8, 4) is 17.1 Å². The average molecular weight is 451 g/mol. The number of thiophene rings is 1. The lowest BCUT2D eigenvalue weighted by Gasteiger charge is -2.13. The zero-order valence-electron chi connectivity index (χ0n) is 16.9. The van der Waals surface area contributed by atoms with Crippen LogP contribution in [0.3, 0.4) is 0 Å². The number of H-pyrrole nitrogens is 1. The third-order valence-corrected chi connectivity index (χ3v) is 6.87. The molecule has 8 heteroatoms. The zero-order valence-corrected chi connectivity index (χ0v) is 18.6. The van der Waals surface area contributed by atoms with E-state index in [1.54, 1.807) is 18.4 Å². The Balaban J connectivity index is 1.42. The summed E-state index contributed by atoms with van der Waals surface area (Å²) in [7, 11) is 1.64. The molecule has 31 heavy (non-hydrogen) atoms. The van der Waals surface area contributed by atoms with Crippen molar-refractivity contribution in [2.24, 2.45) is 0 Å². The molecule has 0 fully saturated rings. The zero-order chi connectivity index (χ0) is 21.5. The van der Waals surface area contributed by atoms with Crippen LogP contribution in [0.25, 0.3) is 11.4 Å². The van der Waals surface area contributed by atoms with Crippen LogP contribution in [0.15, 0.2) is 77.3 Å².